The van der Waals surface area contributed by atoms with Gasteiger partial charge in [-0.3, -0.25) is 0 Å². The molecule has 2 heteroatoms. The van der Waals surface area contributed by atoms with Crippen LogP contribution in [0, 0.1) is 16.7 Å². The summed E-state index contributed by atoms with van der Waals surface area (Å²) in [5.41, 5.74) is 0.865. The molecule has 1 rings (SSSR count). The van der Waals surface area contributed by atoms with Gasteiger partial charge in [0.2, 0.25) is 0 Å². The summed E-state index contributed by atoms with van der Waals surface area (Å²) in [5, 5.41) is 3.52. The molecule has 1 saturated carbocycles. The summed E-state index contributed by atoms with van der Waals surface area (Å²) < 4.78 is 5.46. The fourth-order valence-electron chi connectivity index (χ4n) is 3.16. The number of hydrogen-bond acceptors (Lipinski definition) is 2. The van der Waals surface area contributed by atoms with E-state index >= 15 is 0 Å². The third-order valence-electron chi connectivity index (χ3n) is 4.47. The van der Waals surface area contributed by atoms with Gasteiger partial charge >= 0.3 is 0 Å². The van der Waals surface area contributed by atoms with E-state index in [1.807, 2.05) is 7.11 Å². The maximum atomic E-state index is 5.46. The van der Waals surface area contributed by atoms with Crippen LogP contribution in [0.3, 0.4) is 0 Å². The molecule has 0 aromatic heterocycles. The van der Waals surface area contributed by atoms with E-state index < -0.39 is 0 Å². The Labute approximate surface area is 108 Å². The van der Waals surface area contributed by atoms with Crippen LogP contribution in [0.1, 0.15) is 53.4 Å². The number of nitrogens with one attached hydrogen (secondary N) is 1. The molecule has 0 spiro atoms. The summed E-state index contributed by atoms with van der Waals surface area (Å²) >= 11 is 0. The molecule has 0 aromatic rings. The molecule has 102 valence electrons. The van der Waals surface area contributed by atoms with Gasteiger partial charge in [-0.2, -0.15) is 0 Å². The lowest BCUT2D eigenvalue weighted by atomic mass is 9.64. The van der Waals surface area contributed by atoms with Gasteiger partial charge in [-0.05, 0) is 43.6 Å². The lowest BCUT2D eigenvalue weighted by molar-refractivity contribution is 0.0170. The van der Waals surface area contributed by atoms with Gasteiger partial charge in [0.1, 0.15) is 0 Å². The highest BCUT2D eigenvalue weighted by atomic mass is 16.5. The highest BCUT2D eigenvalue weighted by Crippen LogP contribution is 2.45. The Morgan fingerprint density at radius 2 is 1.82 bits per heavy atom. The minimum Gasteiger partial charge on any atom is -0.384 e. The zero-order chi connectivity index (χ0) is 12.9. The largest absolute Gasteiger partial charge is 0.384 e. The van der Waals surface area contributed by atoms with E-state index in [0.717, 1.165) is 25.6 Å². The first kappa shape index (κ1) is 15.0. The number of ether oxygens (including phenoxy) is 1. The van der Waals surface area contributed by atoms with Crippen molar-refractivity contribution >= 4 is 0 Å². The zero-order valence-electron chi connectivity index (χ0n) is 12.4. The van der Waals surface area contributed by atoms with E-state index in [1.165, 1.54) is 25.7 Å². The summed E-state index contributed by atoms with van der Waals surface area (Å²) in [7, 11) is 1.84. The Morgan fingerprint density at radius 3 is 2.24 bits per heavy atom. The summed E-state index contributed by atoms with van der Waals surface area (Å²) in [6.45, 7) is 12.4. The maximum absolute atomic E-state index is 5.46. The van der Waals surface area contributed by atoms with E-state index in [0.29, 0.717) is 10.8 Å². The Balaban J connectivity index is 2.54. The second-order valence-electron chi connectivity index (χ2n) is 6.85. The third-order valence-corrected chi connectivity index (χ3v) is 4.47. The smallest absolute Gasteiger partial charge is 0.0530 e. The second-order valence-corrected chi connectivity index (χ2v) is 6.85. The van der Waals surface area contributed by atoms with E-state index in [9.17, 15) is 0 Å². The highest BCUT2D eigenvalue weighted by Gasteiger charge is 2.38. The Bertz CT molecular complexity index is 211. The molecule has 2 nitrogen and oxygen atoms in total. The van der Waals surface area contributed by atoms with Gasteiger partial charge in [-0.25, -0.2) is 0 Å². The van der Waals surface area contributed by atoms with Gasteiger partial charge < -0.3 is 10.1 Å². The van der Waals surface area contributed by atoms with Crippen molar-refractivity contribution in [2.24, 2.45) is 16.7 Å². The monoisotopic (exact) mass is 241 g/mol. The lowest BCUT2D eigenvalue weighted by Gasteiger charge is -2.44. The fraction of sp³-hybridized carbons (Fsp3) is 1.00. The Morgan fingerprint density at radius 1 is 1.24 bits per heavy atom. The zero-order valence-corrected chi connectivity index (χ0v) is 12.4. The maximum Gasteiger partial charge on any atom is 0.0530 e. The molecule has 1 aliphatic rings. The van der Waals surface area contributed by atoms with Crippen molar-refractivity contribution in [3.8, 4) is 0 Å². The molecule has 0 radical (unpaired) electrons. The van der Waals surface area contributed by atoms with Gasteiger partial charge in [-0.15, -0.1) is 0 Å². The lowest BCUT2D eigenvalue weighted by Crippen LogP contribution is -2.42. The predicted octanol–water partition coefficient (Wildman–Crippen LogP) is 3.47. The first-order chi connectivity index (χ1) is 7.93. The quantitative estimate of drug-likeness (QED) is 0.796. The minimum absolute atomic E-state index is 0.395. The summed E-state index contributed by atoms with van der Waals surface area (Å²) in [6, 6.07) is 0. The van der Waals surface area contributed by atoms with Crippen LogP contribution in [-0.4, -0.2) is 26.8 Å². The van der Waals surface area contributed by atoms with Crippen molar-refractivity contribution in [2.45, 2.75) is 53.4 Å². The van der Waals surface area contributed by atoms with Crippen molar-refractivity contribution in [1.82, 2.24) is 5.32 Å². The van der Waals surface area contributed by atoms with Gasteiger partial charge in [0.25, 0.3) is 0 Å². The van der Waals surface area contributed by atoms with Gasteiger partial charge in [0, 0.05) is 19.1 Å². The molecule has 0 atom stereocenters. The molecular formula is C15H31NO. The Hall–Kier alpha value is -0.0800. The number of methoxy groups -OCH3 is 1. The topological polar surface area (TPSA) is 21.3 Å². The van der Waals surface area contributed by atoms with E-state index in [1.54, 1.807) is 0 Å². The molecule has 17 heavy (non-hydrogen) atoms. The first-order valence-electron chi connectivity index (χ1n) is 7.13. The standard InChI is InChI=1S/C15H31NO/c1-6-16-11-15(12-17-5)9-7-13(8-10-15)14(2,3)4/h13,16H,6-12H2,1-5H3. The number of hydrogen-bond donors (Lipinski definition) is 1. The molecule has 1 N–H and O–H groups in total. The number of rotatable bonds is 5. The Kier molecular flexibility index (Phi) is 5.46. The van der Waals surface area contributed by atoms with E-state index in [4.69, 9.17) is 4.74 Å². The van der Waals surface area contributed by atoms with E-state index in [-0.39, 0.29) is 0 Å². The van der Waals surface area contributed by atoms with Crippen LogP contribution in [-0.2, 0) is 4.74 Å². The highest BCUT2D eigenvalue weighted by molar-refractivity contribution is 4.90. The second kappa shape index (κ2) is 6.19. The van der Waals surface area contributed by atoms with Crippen LogP contribution in [0.2, 0.25) is 0 Å². The van der Waals surface area contributed by atoms with Crippen LogP contribution >= 0.6 is 0 Å². The predicted molar refractivity (Wildman–Crippen MR) is 74.3 cm³/mol. The first-order valence-corrected chi connectivity index (χ1v) is 7.13. The minimum atomic E-state index is 0.395. The van der Waals surface area contributed by atoms with Crippen LogP contribution < -0.4 is 5.32 Å². The molecule has 1 aliphatic carbocycles. The third kappa shape index (κ3) is 4.26. The van der Waals surface area contributed by atoms with Crippen molar-refractivity contribution < 1.29 is 4.74 Å². The molecule has 0 unspecified atom stereocenters. The molecule has 0 amide bonds. The molecule has 0 aromatic carbocycles. The van der Waals surface area contributed by atoms with Crippen molar-refractivity contribution in [3.05, 3.63) is 0 Å². The van der Waals surface area contributed by atoms with Crippen LogP contribution in [0.25, 0.3) is 0 Å². The summed E-state index contributed by atoms with van der Waals surface area (Å²) in [5.74, 6) is 0.883. The van der Waals surface area contributed by atoms with Crippen LogP contribution in [0.15, 0.2) is 0 Å². The molecule has 0 aliphatic heterocycles. The molecule has 0 bridgehead atoms. The van der Waals surface area contributed by atoms with Crippen molar-refractivity contribution in [2.75, 3.05) is 26.8 Å². The average Bonchev–Trinajstić information content (AvgIpc) is 2.26. The average molecular weight is 241 g/mol. The van der Waals surface area contributed by atoms with Crippen LogP contribution in [0.4, 0.5) is 0 Å². The molecular weight excluding hydrogens is 210 g/mol. The van der Waals surface area contributed by atoms with E-state index in [2.05, 4.69) is 33.0 Å². The van der Waals surface area contributed by atoms with Gasteiger partial charge in [0.15, 0.2) is 0 Å². The fourth-order valence-corrected chi connectivity index (χ4v) is 3.16. The van der Waals surface area contributed by atoms with Gasteiger partial charge in [0.05, 0.1) is 6.61 Å². The molecule has 1 fully saturated rings. The van der Waals surface area contributed by atoms with Crippen molar-refractivity contribution in [1.29, 1.82) is 0 Å². The summed E-state index contributed by atoms with van der Waals surface area (Å²) in [4.78, 5) is 0. The van der Waals surface area contributed by atoms with Crippen LogP contribution in [0.5, 0.6) is 0 Å². The SMILES string of the molecule is CCNCC1(COC)CCC(C(C)(C)C)CC1. The van der Waals surface area contributed by atoms with Gasteiger partial charge in [-0.1, -0.05) is 27.7 Å². The van der Waals surface area contributed by atoms with Crippen molar-refractivity contribution in [3.63, 3.8) is 0 Å². The molecule has 0 saturated heterocycles. The normalized spacial score (nSPS) is 30.5. The summed E-state index contributed by atoms with van der Waals surface area (Å²) in [6.07, 6.45) is 5.35. The molecule has 0 heterocycles.